The Morgan fingerprint density at radius 2 is 2.19 bits per heavy atom. The summed E-state index contributed by atoms with van der Waals surface area (Å²) >= 11 is 0. The zero-order valence-corrected chi connectivity index (χ0v) is 9.28. The van der Waals surface area contributed by atoms with Gasteiger partial charge >= 0.3 is 0 Å². The standard InChI is InChI=1S/C12H17N3O/c16-12(13-5-8-6-14-15-7-8)11-9-3-1-2-4-10(9)11/h6-7,9-11H,1-5H2,(H,13,16)(H,14,15). The number of aromatic nitrogens is 2. The highest BCUT2D eigenvalue weighted by Crippen LogP contribution is 2.55. The van der Waals surface area contributed by atoms with Crippen molar-refractivity contribution in [3.63, 3.8) is 0 Å². The molecule has 86 valence electrons. The van der Waals surface area contributed by atoms with Gasteiger partial charge in [-0.15, -0.1) is 0 Å². The zero-order valence-electron chi connectivity index (χ0n) is 9.28. The number of hydrogen-bond acceptors (Lipinski definition) is 2. The van der Waals surface area contributed by atoms with Crippen LogP contribution in [0.1, 0.15) is 31.2 Å². The molecule has 1 heterocycles. The molecule has 2 atom stereocenters. The first-order chi connectivity index (χ1) is 7.86. The van der Waals surface area contributed by atoms with Gasteiger partial charge in [0.25, 0.3) is 0 Å². The zero-order chi connectivity index (χ0) is 11.0. The second-order valence-corrected chi connectivity index (χ2v) is 4.96. The van der Waals surface area contributed by atoms with Crippen LogP contribution in [0.2, 0.25) is 0 Å². The number of carbonyl (C=O) groups is 1. The van der Waals surface area contributed by atoms with E-state index in [0.717, 1.165) is 5.56 Å². The first-order valence-electron chi connectivity index (χ1n) is 6.11. The van der Waals surface area contributed by atoms with Crippen molar-refractivity contribution in [2.24, 2.45) is 17.8 Å². The summed E-state index contributed by atoms with van der Waals surface area (Å²) < 4.78 is 0. The molecule has 0 bridgehead atoms. The van der Waals surface area contributed by atoms with E-state index in [9.17, 15) is 4.79 Å². The molecule has 2 aliphatic rings. The Hall–Kier alpha value is -1.32. The van der Waals surface area contributed by atoms with Crippen molar-refractivity contribution in [3.8, 4) is 0 Å². The average Bonchev–Trinajstić information content (AvgIpc) is 2.80. The highest BCUT2D eigenvalue weighted by atomic mass is 16.2. The number of rotatable bonds is 3. The number of amides is 1. The molecule has 2 fully saturated rings. The number of H-pyrrole nitrogens is 1. The number of hydrogen-bond donors (Lipinski definition) is 2. The molecular weight excluding hydrogens is 202 g/mol. The Morgan fingerprint density at radius 3 is 2.81 bits per heavy atom. The molecule has 16 heavy (non-hydrogen) atoms. The lowest BCUT2D eigenvalue weighted by atomic mass is 10.0. The molecule has 0 aliphatic heterocycles. The Balaban J connectivity index is 1.51. The Morgan fingerprint density at radius 1 is 1.44 bits per heavy atom. The summed E-state index contributed by atoms with van der Waals surface area (Å²) in [5.74, 6) is 1.95. The van der Waals surface area contributed by atoms with Gasteiger partial charge in [-0.2, -0.15) is 5.10 Å². The van der Waals surface area contributed by atoms with Crippen molar-refractivity contribution >= 4 is 5.91 Å². The molecule has 0 spiro atoms. The van der Waals surface area contributed by atoms with E-state index in [0.29, 0.717) is 24.3 Å². The predicted octanol–water partition coefficient (Wildman–Crippen LogP) is 1.46. The third kappa shape index (κ3) is 1.72. The van der Waals surface area contributed by atoms with Crippen molar-refractivity contribution in [1.29, 1.82) is 0 Å². The summed E-state index contributed by atoms with van der Waals surface area (Å²) in [7, 11) is 0. The smallest absolute Gasteiger partial charge is 0.223 e. The van der Waals surface area contributed by atoms with E-state index in [1.807, 2.05) is 6.20 Å². The Kier molecular flexibility index (Phi) is 2.42. The van der Waals surface area contributed by atoms with E-state index in [1.54, 1.807) is 6.20 Å². The molecule has 2 unspecified atom stereocenters. The van der Waals surface area contributed by atoms with Gasteiger partial charge < -0.3 is 5.32 Å². The third-order valence-electron chi connectivity index (χ3n) is 3.98. The van der Waals surface area contributed by atoms with Gasteiger partial charge in [0, 0.05) is 24.2 Å². The molecular formula is C12H17N3O. The monoisotopic (exact) mass is 219 g/mol. The molecule has 0 aromatic carbocycles. The van der Waals surface area contributed by atoms with Crippen LogP contribution in [-0.2, 0) is 11.3 Å². The van der Waals surface area contributed by atoms with Crippen molar-refractivity contribution in [1.82, 2.24) is 15.5 Å². The quantitative estimate of drug-likeness (QED) is 0.808. The maximum Gasteiger partial charge on any atom is 0.223 e. The molecule has 2 saturated carbocycles. The van der Waals surface area contributed by atoms with Gasteiger partial charge in [0.2, 0.25) is 5.91 Å². The molecule has 3 rings (SSSR count). The summed E-state index contributed by atoms with van der Waals surface area (Å²) in [5.41, 5.74) is 1.04. The Labute approximate surface area is 94.8 Å². The maximum absolute atomic E-state index is 11.9. The van der Waals surface area contributed by atoms with Crippen LogP contribution in [0.25, 0.3) is 0 Å². The van der Waals surface area contributed by atoms with Crippen LogP contribution >= 0.6 is 0 Å². The van der Waals surface area contributed by atoms with Crippen molar-refractivity contribution < 1.29 is 4.79 Å². The normalized spacial score (nSPS) is 31.9. The topological polar surface area (TPSA) is 57.8 Å². The number of nitrogens with one attached hydrogen (secondary N) is 2. The summed E-state index contributed by atoms with van der Waals surface area (Å²) in [6.45, 7) is 0.602. The summed E-state index contributed by atoms with van der Waals surface area (Å²) in [4.78, 5) is 11.9. The first kappa shape index (κ1) is 9.87. The van der Waals surface area contributed by atoms with Crippen LogP contribution in [0.4, 0.5) is 0 Å². The number of fused-ring (bicyclic) bond motifs is 1. The van der Waals surface area contributed by atoms with Crippen molar-refractivity contribution in [2.45, 2.75) is 32.2 Å². The first-order valence-corrected chi connectivity index (χ1v) is 6.11. The highest BCUT2D eigenvalue weighted by molar-refractivity contribution is 5.82. The summed E-state index contributed by atoms with van der Waals surface area (Å²) in [5, 5.41) is 9.61. The molecule has 2 aliphatic carbocycles. The minimum Gasteiger partial charge on any atom is -0.352 e. The van der Waals surface area contributed by atoms with Crippen LogP contribution in [0.15, 0.2) is 12.4 Å². The highest BCUT2D eigenvalue weighted by Gasteiger charge is 2.54. The van der Waals surface area contributed by atoms with E-state index in [2.05, 4.69) is 15.5 Å². The Bertz CT molecular complexity index is 362. The lowest BCUT2D eigenvalue weighted by Crippen LogP contribution is -2.25. The largest absolute Gasteiger partial charge is 0.352 e. The van der Waals surface area contributed by atoms with Gasteiger partial charge in [-0.3, -0.25) is 9.89 Å². The second-order valence-electron chi connectivity index (χ2n) is 4.96. The van der Waals surface area contributed by atoms with Gasteiger partial charge in [0.1, 0.15) is 0 Å². The van der Waals surface area contributed by atoms with Crippen LogP contribution < -0.4 is 5.32 Å². The average molecular weight is 219 g/mol. The molecule has 1 aromatic heterocycles. The van der Waals surface area contributed by atoms with Crippen LogP contribution in [0.3, 0.4) is 0 Å². The molecule has 1 amide bonds. The van der Waals surface area contributed by atoms with Gasteiger partial charge in [0.15, 0.2) is 0 Å². The molecule has 0 radical (unpaired) electrons. The van der Waals surface area contributed by atoms with Crippen LogP contribution in [-0.4, -0.2) is 16.1 Å². The molecule has 0 saturated heterocycles. The lowest BCUT2D eigenvalue weighted by molar-refractivity contribution is -0.123. The minimum absolute atomic E-state index is 0.248. The van der Waals surface area contributed by atoms with E-state index < -0.39 is 0 Å². The van der Waals surface area contributed by atoms with E-state index in [4.69, 9.17) is 0 Å². The fourth-order valence-electron chi connectivity index (χ4n) is 3.06. The number of aromatic amines is 1. The summed E-state index contributed by atoms with van der Waals surface area (Å²) in [6, 6.07) is 0. The van der Waals surface area contributed by atoms with Crippen molar-refractivity contribution in [3.05, 3.63) is 18.0 Å². The van der Waals surface area contributed by atoms with Gasteiger partial charge in [0.05, 0.1) is 6.20 Å². The van der Waals surface area contributed by atoms with E-state index in [-0.39, 0.29) is 5.91 Å². The fraction of sp³-hybridized carbons (Fsp3) is 0.667. The third-order valence-corrected chi connectivity index (χ3v) is 3.98. The van der Waals surface area contributed by atoms with Gasteiger partial charge in [-0.25, -0.2) is 0 Å². The van der Waals surface area contributed by atoms with Gasteiger partial charge in [-0.05, 0) is 24.7 Å². The lowest BCUT2D eigenvalue weighted by Gasteiger charge is -2.04. The van der Waals surface area contributed by atoms with E-state index in [1.165, 1.54) is 25.7 Å². The fourth-order valence-corrected chi connectivity index (χ4v) is 3.06. The molecule has 1 aromatic rings. The summed E-state index contributed by atoms with van der Waals surface area (Å²) in [6.07, 6.45) is 8.71. The van der Waals surface area contributed by atoms with Crippen LogP contribution in [0.5, 0.6) is 0 Å². The molecule has 4 nitrogen and oxygen atoms in total. The van der Waals surface area contributed by atoms with E-state index >= 15 is 0 Å². The molecule has 2 N–H and O–H groups in total. The number of nitrogens with zero attached hydrogens (tertiary/aromatic N) is 1. The minimum atomic E-state index is 0.248. The van der Waals surface area contributed by atoms with Crippen LogP contribution in [0, 0.1) is 17.8 Å². The maximum atomic E-state index is 11.9. The van der Waals surface area contributed by atoms with Crippen molar-refractivity contribution in [2.75, 3.05) is 0 Å². The second kappa shape index (κ2) is 3.92. The SMILES string of the molecule is O=C(NCc1cn[nH]c1)C1C2CCCCC21. The number of carbonyl (C=O) groups excluding carboxylic acids is 1. The van der Waals surface area contributed by atoms with Gasteiger partial charge in [-0.1, -0.05) is 12.8 Å². The predicted molar refractivity (Wildman–Crippen MR) is 59.4 cm³/mol. The molecule has 4 heteroatoms.